The van der Waals surface area contributed by atoms with E-state index in [0.29, 0.717) is 35.9 Å². The standard InChI is InChI=1S/C19H17F2N5O/c1-3-22-19-24-9-12(10-25-19)7-14-11-23-18(27-4-2)17(26-14)13-5-6-15(20)16(21)8-13/h3,5-6,8-11H,1,4,7H2,2H3,(H,22,24,25). The lowest BCUT2D eigenvalue weighted by atomic mass is 10.1. The minimum Gasteiger partial charge on any atom is -0.476 e. The lowest BCUT2D eigenvalue weighted by Crippen LogP contribution is -2.04. The van der Waals surface area contributed by atoms with Crippen molar-refractivity contribution in [3.05, 3.63) is 73.1 Å². The summed E-state index contributed by atoms with van der Waals surface area (Å²) in [5.41, 5.74) is 2.16. The molecule has 0 saturated heterocycles. The van der Waals surface area contributed by atoms with Gasteiger partial charge in [0.05, 0.1) is 18.5 Å². The predicted molar refractivity (Wildman–Crippen MR) is 96.7 cm³/mol. The van der Waals surface area contributed by atoms with E-state index in [4.69, 9.17) is 4.74 Å². The van der Waals surface area contributed by atoms with Gasteiger partial charge < -0.3 is 10.1 Å². The van der Waals surface area contributed by atoms with Gasteiger partial charge in [0.25, 0.3) is 0 Å². The minimum absolute atomic E-state index is 0.258. The molecule has 2 radical (unpaired) electrons. The maximum absolute atomic E-state index is 13.6. The molecule has 2 aromatic heterocycles. The summed E-state index contributed by atoms with van der Waals surface area (Å²) in [6.07, 6.45) is 5.32. The highest BCUT2D eigenvalue weighted by Crippen LogP contribution is 2.28. The quantitative estimate of drug-likeness (QED) is 0.686. The fourth-order valence-corrected chi connectivity index (χ4v) is 2.39. The van der Waals surface area contributed by atoms with Crippen LogP contribution in [0.15, 0.2) is 36.8 Å². The summed E-state index contributed by atoms with van der Waals surface area (Å²) in [5.74, 6) is -1.19. The van der Waals surface area contributed by atoms with E-state index in [9.17, 15) is 8.78 Å². The topological polar surface area (TPSA) is 72.8 Å². The zero-order valence-electron chi connectivity index (χ0n) is 14.6. The van der Waals surface area contributed by atoms with Gasteiger partial charge in [-0.3, -0.25) is 0 Å². The molecule has 0 aliphatic heterocycles. The van der Waals surface area contributed by atoms with Crippen LogP contribution in [-0.2, 0) is 6.42 Å². The van der Waals surface area contributed by atoms with Gasteiger partial charge in [0, 0.05) is 30.9 Å². The van der Waals surface area contributed by atoms with Crippen molar-refractivity contribution in [1.82, 2.24) is 19.9 Å². The largest absolute Gasteiger partial charge is 0.476 e. The van der Waals surface area contributed by atoms with Crippen LogP contribution in [0.2, 0.25) is 0 Å². The molecule has 2 heterocycles. The van der Waals surface area contributed by atoms with Crippen LogP contribution in [-0.4, -0.2) is 26.5 Å². The first-order valence-electron chi connectivity index (χ1n) is 8.23. The molecule has 8 heteroatoms. The maximum atomic E-state index is 13.6. The van der Waals surface area contributed by atoms with Gasteiger partial charge in [-0.2, -0.15) is 0 Å². The molecule has 3 aromatic rings. The number of benzene rings is 1. The van der Waals surface area contributed by atoms with Gasteiger partial charge in [0.15, 0.2) is 11.6 Å². The number of hydrogen-bond donors (Lipinski definition) is 1. The fourth-order valence-electron chi connectivity index (χ4n) is 2.39. The van der Waals surface area contributed by atoms with Gasteiger partial charge in [-0.1, -0.05) is 0 Å². The monoisotopic (exact) mass is 369 g/mol. The van der Waals surface area contributed by atoms with E-state index in [1.807, 2.05) is 0 Å². The molecule has 3 rings (SSSR count). The Kier molecular flexibility index (Phi) is 5.85. The summed E-state index contributed by atoms with van der Waals surface area (Å²) in [4.78, 5) is 17.1. The first-order valence-corrected chi connectivity index (χ1v) is 8.23. The molecule has 0 bridgehead atoms. The van der Waals surface area contributed by atoms with E-state index in [1.165, 1.54) is 12.6 Å². The van der Waals surface area contributed by atoms with Crippen LogP contribution in [0.4, 0.5) is 14.7 Å². The molecule has 27 heavy (non-hydrogen) atoms. The number of anilines is 1. The molecule has 0 spiro atoms. The molecular formula is C19H17F2N5O. The molecule has 0 amide bonds. The molecule has 0 aliphatic carbocycles. The summed E-state index contributed by atoms with van der Waals surface area (Å²) in [6, 6.07) is 3.56. The third-order valence-electron chi connectivity index (χ3n) is 3.58. The van der Waals surface area contributed by atoms with Crippen LogP contribution in [0, 0.1) is 25.1 Å². The van der Waals surface area contributed by atoms with Crippen LogP contribution in [0.3, 0.4) is 0 Å². The Bertz CT molecular complexity index is 918. The predicted octanol–water partition coefficient (Wildman–Crippen LogP) is 3.61. The van der Waals surface area contributed by atoms with Crippen molar-refractivity contribution in [1.29, 1.82) is 0 Å². The Morgan fingerprint density at radius 1 is 1.11 bits per heavy atom. The highest BCUT2D eigenvalue weighted by molar-refractivity contribution is 5.64. The first kappa shape index (κ1) is 18.6. The third-order valence-corrected chi connectivity index (χ3v) is 3.58. The zero-order chi connectivity index (χ0) is 19.2. The Morgan fingerprint density at radius 2 is 1.89 bits per heavy atom. The molecule has 0 atom stereocenters. The first-order chi connectivity index (χ1) is 13.1. The minimum atomic E-state index is -0.958. The van der Waals surface area contributed by atoms with Crippen LogP contribution in [0.25, 0.3) is 11.3 Å². The molecule has 0 saturated carbocycles. The van der Waals surface area contributed by atoms with Gasteiger partial charge in [0.1, 0.15) is 5.69 Å². The van der Waals surface area contributed by atoms with Gasteiger partial charge in [-0.15, -0.1) is 0 Å². The van der Waals surface area contributed by atoms with Crippen LogP contribution >= 0.6 is 0 Å². The van der Waals surface area contributed by atoms with E-state index in [0.717, 1.165) is 17.7 Å². The molecule has 0 unspecified atom stereocenters. The maximum Gasteiger partial charge on any atom is 0.240 e. The fraction of sp³-hybridized carbons (Fsp3) is 0.158. The second kappa shape index (κ2) is 8.48. The number of nitrogens with one attached hydrogen (secondary N) is 1. The van der Waals surface area contributed by atoms with Crippen molar-refractivity contribution in [2.45, 2.75) is 13.3 Å². The third kappa shape index (κ3) is 4.52. The lowest BCUT2D eigenvalue weighted by molar-refractivity contribution is 0.326. The van der Waals surface area contributed by atoms with Gasteiger partial charge in [-0.25, -0.2) is 28.7 Å². The van der Waals surface area contributed by atoms with Crippen molar-refractivity contribution < 1.29 is 13.5 Å². The average Bonchev–Trinajstić information content (AvgIpc) is 2.67. The number of nitrogens with zero attached hydrogens (tertiary/aromatic N) is 4. The Hall–Kier alpha value is -3.16. The van der Waals surface area contributed by atoms with Crippen LogP contribution in [0.1, 0.15) is 18.2 Å². The molecule has 6 nitrogen and oxygen atoms in total. The highest BCUT2D eigenvalue weighted by Gasteiger charge is 2.14. The van der Waals surface area contributed by atoms with E-state index in [2.05, 4.69) is 32.2 Å². The molecule has 0 aliphatic rings. The molecule has 0 fully saturated rings. The van der Waals surface area contributed by atoms with Crippen molar-refractivity contribution >= 4 is 5.95 Å². The summed E-state index contributed by atoms with van der Waals surface area (Å²) in [5, 5.41) is 2.79. The molecular weight excluding hydrogens is 352 g/mol. The van der Waals surface area contributed by atoms with Gasteiger partial charge in [-0.05, 0) is 37.6 Å². The van der Waals surface area contributed by atoms with E-state index < -0.39 is 11.6 Å². The van der Waals surface area contributed by atoms with Crippen molar-refractivity contribution in [2.24, 2.45) is 0 Å². The number of rotatable bonds is 7. The molecule has 138 valence electrons. The molecule has 1 aromatic carbocycles. The van der Waals surface area contributed by atoms with Crippen molar-refractivity contribution in [3.8, 4) is 17.1 Å². The number of aromatic nitrogens is 4. The number of halogens is 2. The second-order valence-electron chi connectivity index (χ2n) is 5.52. The van der Waals surface area contributed by atoms with Gasteiger partial charge in [0.2, 0.25) is 11.8 Å². The summed E-state index contributed by atoms with van der Waals surface area (Å²) in [6.45, 7) is 7.21. The van der Waals surface area contributed by atoms with Crippen molar-refractivity contribution in [2.75, 3.05) is 11.9 Å². The van der Waals surface area contributed by atoms with E-state index in [-0.39, 0.29) is 5.88 Å². The SMILES string of the molecule is [CH2][CH]Nc1ncc(Cc2cnc(OCC)c(-c3ccc(F)c(F)c3)n2)cn1. The van der Waals surface area contributed by atoms with Crippen LogP contribution in [0.5, 0.6) is 5.88 Å². The lowest BCUT2D eigenvalue weighted by Gasteiger charge is -2.11. The summed E-state index contributed by atoms with van der Waals surface area (Å²) >= 11 is 0. The summed E-state index contributed by atoms with van der Waals surface area (Å²) < 4.78 is 32.4. The normalized spacial score (nSPS) is 10.7. The van der Waals surface area contributed by atoms with Gasteiger partial charge >= 0.3 is 0 Å². The smallest absolute Gasteiger partial charge is 0.240 e. The number of ether oxygens (including phenoxy) is 1. The van der Waals surface area contributed by atoms with E-state index >= 15 is 0 Å². The average molecular weight is 369 g/mol. The van der Waals surface area contributed by atoms with Crippen LogP contribution < -0.4 is 10.1 Å². The van der Waals surface area contributed by atoms with E-state index in [1.54, 1.807) is 25.5 Å². The van der Waals surface area contributed by atoms with Crippen molar-refractivity contribution in [3.63, 3.8) is 0 Å². The Labute approximate surface area is 155 Å². The number of hydrogen-bond acceptors (Lipinski definition) is 6. The Balaban J connectivity index is 1.91. The summed E-state index contributed by atoms with van der Waals surface area (Å²) in [7, 11) is 0. The highest BCUT2D eigenvalue weighted by atomic mass is 19.2. The zero-order valence-corrected chi connectivity index (χ0v) is 14.6. The Morgan fingerprint density at radius 3 is 2.56 bits per heavy atom. The molecule has 1 N–H and O–H groups in total. The second-order valence-corrected chi connectivity index (χ2v) is 5.52.